The van der Waals surface area contributed by atoms with Crippen molar-refractivity contribution >= 4 is 15.9 Å². The van der Waals surface area contributed by atoms with Gasteiger partial charge in [-0.3, -0.25) is 0 Å². The molecule has 1 atom stereocenters. The van der Waals surface area contributed by atoms with E-state index < -0.39 is 6.10 Å². The van der Waals surface area contributed by atoms with Gasteiger partial charge in [0.1, 0.15) is 5.82 Å². The van der Waals surface area contributed by atoms with Crippen molar-refractivity contribution in [2.24, 2.45) is 0 Å². The molecule has 0 heterocycles. The van der Waals surface area contributed by atoms with Crippen LogP contribution in [-0.2, 0) is 12.8 Å². The van der Waals surface area contributed by atoms with Crippen LogP contribution in [-0.4, -0.2) is 11.2 Å². The summed E-state index contributed by atoms with van der Waals surface area (Å²) < 4.78 is 13.6. The first-order chi connectivity index (χ1) is 9.06. The summed E-state index contributed by atoms with van der Waals surface area (Å²) in [5.41, 5.74) is 3.26. The lowest BCUT2D eigenvalue weighted by Gasteiger charge is -2.13. The second-order valence-corrected chi connectivity index (χ2v) is 5.59. The van der Waals surface area contributed by atoms with Gasteiger partial charge in [0.25, 0.3) is 0 Å². The fraction of sp³-hybridized carbons (Fsp3) is 0.250. The first-order valence-corrected chi connectivity index (χ1v) is 7.02. The minimum absolute atomic E-state index is 0.280. The zero-order valence-electron chi connectivity index (χ0n) is 10.7. The molecule has 0 saturated carbocycles. The van der Waals surface area contributed by atoms with Crippen molar-refractivity contribution in [1.82, 2.24) is 0 Å². The summed E-state index contributed by atoms with van der Waals surface area (Å²) in [6, 6.07) is 12.9. The zero-order valence-corrected chi connectivity index (χ0v) is 12.3. The third-order valence-corrected chi connectivity index (χ3v) is 3.78. The summed E-state index contributed by atoms with van der Waals surface area (Å²) in [5, 5.41) is 10.1. The fourth-order valence-corrected chi connectivity index (χ4v) is 2.53. The number of benzene rings is 2. The Balaban J connectivity index is 2.03. The van der Waals surface area contributed by atoms with E-state index in [-0.39, 0.29) is 5.82 Å². The van der Waals surface area contributed by atoms with Gasteiger partial charge in [-0.15, -0.1) is 0 Å². The van der Waals surface area contributed by atoms with Crippen LogP contribution in [0.4, 0.5) is 4.39 Å². The molecule has 0 aromatic heterocycles. The molecule has 100 valence electrons. The average molecular weight is 323 g/mol. The molecule has 0 fully saturated rings. The van der Waals surface area contributed by atoms with Crippen molar-refractivity contribution in [3.63, 3.8) is 0 Å². The van der Waals surface area contributed by atoms with Crippen molar-refractivity contribution in [3.05, 3.63) is 69.4 Å². The molecule has 2 rings (SSSR count). The fourth-order valence-electron chi connectivity index (χ4n) is 2.10. The second-order valence-electron chi connectivity index (χ2n) is 4.74. The molecule has 0 aliphatic rings. The van der Waals surface area contributed by atoms with E-state index >= 15 is 0 Å². The lowest BCUT2D eigenvalue weighted by atomic mass is 9.98. The third-order valence-electron chi connectivity index (χ3n) is 3.17. The van der Waals surface area contributed by atoms with Gasteiger partial charge in [-0.1, -0.05) is 30.3 Å². The van der Waals surface area contributed by atoms with Crippen molar-refractivity contribution in [2.45, 2.75) is 25.9 Å². The van der Waals surface area contributed by atoms with E-state index in [1.807, 2.05) is 31.2 Å². The minimum atomic E-state index is -0.460. The Hall–Kier alpha value is -1.19. The van der Waals surface area contributed by atoms with Gasteiger partial charge in [0.2, 0.25) is 0 Å². The predicted molar refractivity (Wildman–Crippen MR) is 78.7 cm³/mol. The quantitative estimate of drug-likeness (QED) is 0.900. The Labute approximate surface area is 121 Å². The summed E-state index contributed by atoms with van der Waals surface area (Å²) in [6.07, 6.45) is 0.674. The summed E-state index contributed by atoms with van der Waals surface area (Å²) in [5.74, 6) is -0.280. The standard InChI is InChI=1S/C16H16BrFO/c1-11-4-2-3-5-13(11)10-14(19)8-12-6-7-16(18)15(17)9-12/h2-7,9,14,19H,8,10H2,1H3. The second kappa shape index (κ2) is 6.31. The van der Waals surface area contributed by atoms with Gasteiger partial charge in [0, 0.05) is 0 Å². The van der Waals surface area contributed by atoms with Gasteiger partial charge in [-0.05, 0) is 64.5 Å². The van der Waals surface area contributed by atoms with Gasteiger partial charge >= 0.3 is 0 Å². The third kappa shape index (κ3) is 3.88. The highest BCUT2D eigenvalue weighted by Gasteiger charge is 2.09. The van der Waals surface area contributed by atoms with Crippen molar-refractivity contribution in [3.8, 4) is 0 Å². The average Bonchev–Trinajstić information content (AvgIpc) is 2.37. The number of hydrogen-bond donors (Lipinski definition) is 1. The largest absolute Gasteiger partial charge is 0.392 e. The highest BCUT2D eigenvalue weighted by Crippen LogP contribution is 2.19. The maximum Gasteiger partial charge on any atom is 0.137 e. The van der Waals surface area contributed by atoms with Crippen LogP contribution >= 0.6 is 15.9 Å². The number of halogens is 2. The number of aliphatic hydroxyl groups excluding tert-OH is 1. The van der Waals surface area contributed by atoms with Gasteiger partial charge in [0.15, 0.2) is 0 Å². The summed E-state index contributed by atoms with van der Waals surface area (Å²) in [7, 11) is 0. The molecule has 1 N–H and O–H groups in total. The molecule has 0 aliphatic heterocycles. The maximum atomic E-state index is 13.1. The Morgan fingerprint density at radius 3 is 2.58 bits per heavy atom. The molecule has 0 radical (unpaired) electrons. The van der Waals surface area contributed by atoms with Crippen LogP contribution in [0.25, 0.3) is 0 Å². The zero-order chi connectivity index (χ0) is 13.8. The smallest absolute Gasteiger partial charge is 0.137 e. The monoisotopic (exact) mass is 322 g/mol. The van der Waals surface area contributed by atoms with E-state index in [0.717, 1.165) is 11.1 Å². The number of aliphatic hydroxyl groups is 1. The lowest BCUT2D eigenvalue weighted by molar-refractivity contribution is 0.175. The van der Waals surface area contributed by atoms with E-state index in [2.05, 4.69) is 15.9 Å². The molecule has 1 unspecified atom stereocenters. The summed E-state index contributed by atoms with van der Waals surface area (Å²) in [6.45, 7) is 2.04. The van der Waals surface area contributed by atoms with Gasteiger partial charge in [-0.25, -0.2) is 4.39 Å². The van der Waals surface area contributed by atoms with Crippen LogP contribution < -0.4 is 0 Å². The SMILES string of the molecule is Cc1ccccc1CC(O)Cc1ccc(F)c(Br)c1. The number of hydrogen-bond acceptors (Lipinski definition) is 1. The van der Waals surface area contributed by atoms with E-state index in [4.69, 9.17) is 0 Å². The Bertz CT molecular complexity index is 568. The van der Waals surface area contributed by atoms with E-state index in [9.17, 15) is 9.50 Å². The Kier molecular flexibility index (Phi) is 4.72. The Morgan fingerprint density at radius 1 is 1.16 bits per heavy atom. The highest BCUT2D eigenvalue weighted by molar-refractivity contribution is 9.10. The molecule has 0 bridgehead atoms. The van der Waals surface area contributed by atoms with Crippen molar-refractivity contribution in [2.75, 3.05) is 0 Å². The van der Waals surface area contributed by atoms with Crippen molar-refractivity contribution in [1.29, 1.82) is 0 Å². The first kappa shape index (κ1) is 14.2. The molecule has 0 amide bonds. The van der Waals surface area contributed by atoms with Gasteiger partial charge in [-0.2, -0.15) is 0 Å². The van der Waals surface area contributed by atoms with Crippen LogP contribution in [0.1, 0.15) is 16.7 Å². The molecule has 0 aliphatic carbocycles. The molecule has 0 saturated heterocycles. The topological polar surface area (TPSA) is 20.2 Å². The van der Waals surface area contributed by atoms with E-state index in [1.54, 1.807) is 12.1 Å². The lowest BCUT2D eigenvalue weighted by Crippen LogP contribution is -2.14. The normalized spacial score (nSPS) is 12.4. The molecular weight excluding hydrogens is 307 g/mol. The van der Waals surface area contributed by atoms with Crippen LogP contribution in [0.2, 0.25) is 0 Å². The van der Waals surface area contributed by atoms with Gasteiger partial charge < -0.3 is 5.11 Å². The summed E-state index contributed by atoms with van der Waals surface area (Å²) in [4.78, 5) is 0. The number of aryl methyl sites for hydroxylation is 1. The van der Waals surface area contributed by atoms with E-state index in [0.29, 0.717) is 17.3 Å². The molecule has 0 spiro atoms. The van der Waals surface area contributed by atoms with Crippen molar-refractivity contribution < 1.29 is 9.50 Å². The molecule has 19 heavy (non-hydrogen) atoms. The van der Waals surface area contributed by atoms with Crippen LogP contribution in [0.15, 0.2) is 46.9 Å². The number of rotatable bonds is 4. The minimum Gasteiger partial charge on any atom is -0.392 e. The van der Waals surface area contributed by atoms with Crippen LogP contribution in [0.5, 0.6) is 0 Å². The molecule has 1 nitrogen and oxygen atoms in total. The van der Waals surface area contributed by atoms with E-state index in [1.165, 1.54) is 11.6 Å². The predicted octanol–water partition coefficient (Wildman–Crippen LogP) is 4.04. The maximum absolute atomic E-state index is 13.1. The first-order valence-electron chi connectivity index (χ1n) is 6.23. The Morgan fingerprint density at radius 2 is 1.89 bits per heavy atom. The highest BCUT2D eigenvalue weighted by atomic mass is 79.9. The molecule has 2 aromatic carbocycles. The molecular formula is C16H16BrFO. The van der Waals surface area contributed by atoms with Crippen LogP contribution in [0.3, 0.4) is 0 Å². The molecule has 3 heteroatoms. The van der Waals surface area contributed by atoms with Crippen LogP contribution in [0, 0.1) is 12.7 Å². The summed E-state index contributed by atoms with van der Waals surface area (Å²) >= 11 is 3.16. The molecule has 2 aromatic rings. The van der Waals surface area contributed by atoms with Gasteiger partial charge in [0.05, 0.1) is 10.6 Å².